The summed E-state index contributed by atoms with van der Waals surface area (Å²) >= 11 is 0. The van der Waals surface area contributed by atoms with Crippen molar-refractivity contribution in [3.63, 3.8) is 0 Å². The van der Waals surface area contributed by atoms with E-state index < -0.39 is 0 Å². The zero-order valence-electron chi connectivity index (χ0n) is 14.2. The number of amides is 2. The summed E-state index contributed by atoms with van der Waals surface area (Å²) in [5, 5.41) is 0. The summed E-state index contributed by atoms with van der Waals surface area (Å²) in [6.45, 7) is 13.3. The Kier molecular flexibility index (Phi) is 3.50. The van der Waals surface area contributed by atoms with Crippen LogP contribution in [-0.2, 0) is 0 Å². The van der Waals surface area contributed by atoms with Crippen LogP contribution in [0.3, 0.4) is 0 Å². The number of hydrogen-bond donors (Lipinski definition) is 0. The molecule has 6 heteroatoms. The van der Waals surface area contributed by atoms with Crippen LogP contribution in [0.1, 0.15) is 53.3 Å². The molecule has 2 aliphatic rings. The summed E-state index contributed by atoms with van der Waals surface area (Å²) in [7, 11) is 0. The van der Waals surface area contributed by atoms with Crippen LogP contribution < -0.4 is 4.90 Å². The molecule has 1 aromatic heterocycles. The summed E-state index contributed by atoms with van der Waals surface area (Å²) in [5.74, 6) is 1.95. The van der Waals surface area contributed by atoms with Gasteiger partial charge >= 0.3 is 6.03 Å². The van der Waals surface area contributed by atoms with Gasteiger partial charge < -0.3 is 4.57 Å². The Morgan fingerprint density at radius 3 is 2.36 bits per heavy atom. The molecule has 120 valence electrons. The number of anilines is 1. The van der Waals surface area contributed by atoms with Crippen LogP contribution in [0.25, 0.3) is 0 Å². The molecule has 0 saturated carbocycles. The zero-order chi connectivity index (χ0) is 16.2. The number of aromatic nitrogens is 2. The topological polar surface area (TPSA) is 53.7 Å². The van der Waals surface area contributed by atoms with Crippen LogP contribution in [0.15, 0.2) is 11.3 Å². The van der Waals surface area contributed by atoms with Gasteiger partial charge in [0.2, 0.25) is 0 Å². The first-order valence-corrected chi connectivity index (χ1v) is 8.08. The number of amidine groups is 1. The number of urea groups is 1. The predicted molar refractivity (Wildman–Crippen MR) is 87.5 cm³/mol. The highest BCUT2D eigenvalue weighted by Gasteiger charge is 2.44. The van der Waals surface area contributed by atoms with Gasteiger partial charge in [0.15, 0.2) is 11.7 Å². The average Bonchev–Trinajstić information content (AvgIpc) is 3.01. The SMILES string of the molecule is CC(C)[C@H]1CN2C(=O)N(C(C)C)c3ncn(C(C)C)c3C2=N1. The van der Waals surface area contributed by atoms with Crippen molar-refractivity contribution in [2.45, 2.75) is 59.7 Å². The Labute approximate surface area is 131 Å². The standard InChI is InChI=1S/C16H25N5O/c1-9(2)12-7-19-15(18-12)13-14(17-8-20(13)10(3)4)21(11(5)6)16(19)22/h8-12H,7H2,1-6H3/t12-/m1/s1. The van der Waals surface area contributed by atoms with Crippen LogP contribution in [0.5, 0.6) is 0 Å². The number of nitrogens with zero attached hydrogens (tertiary/aromatic N) is 5. The van der Waals surface area contributed by atoms with Crippen LogP contribution in [0.4, 0.5) is 10.6 Å². The van der Waals surface area contributed by atoms with E-state index in [0.717, 1.165) is 17.3 Å². The number of aliphatic imine (C=N–C) groups is 1. The average molecular weight is 303 g/mol. The zero-order valence-corrected chi connectivity index (χ0v) is 14.2. The lowest BCUT2D eigenvalue weighted by Gasteiger charge is -2.35. The van der Waals surface area contributed by atoms with Gasteiger partial charge in [0, 0.05) is 12.1 Å². The fraction of sp³-hybridized carbons (Fsp3) is 0.688. The van der Waals surface area contributed by atoms with E-state index in [1.165, 1.54) is 0 Å². The highest BCUT2D eigenvalue weighted by molar-refractivity contribution is 6.18. The molecule has 0 unspecified atom stereocenters. The van der Waals surface area contributed by atoms with Crippen LogP contribution in [-0.4, -0.2) is 44.9 Å². The first kappa shape index (κ1) is 15.1. The molecule has 2 amide bonds. The molecule has 0 saturated heterocycles. The van der Waals surface area contributed by atoms with Gasteiger partial charge in [-0.25, -0.2) is 9.78 Å². The molecule has 6 nitrogen and oxygen atoms in total. The van der Waals surface area contributed by atoms with Crippen molar-refractivity contribution < 1.29 is 4.79 Å². The molecule has 0 fully saturated rings. The molecule has 0 bridgehead atoms. The van der Waals surface area contributed by atoms with Crippen molar-refractivity contribution in [3.8, 4) is 0 Å². The lowest BCUT2D eigenvalue weighted by Crippen LogP contribution is -2.53. The Bertz CT molecular complexity index is 628. The normalized spacial score (nSPS) is 21.0. The highest BCUT2D eigenvalue weighted by Crippen LogP contribution is 2.34. The van der Waals surface area contributed by atoms with Crippen molar-refractivity contribution >= 4 is 17.7 Å². The highest BCUT2D eigenvalue weighted by atomic mass is 16.2. The molecule has 0 aromatic carbocycles. The smallest absolute Gasteiger partial charge is 0.324 e. The minimum absolute atomic E-state index is 0.00148. The van der Waals surface area contributed by atoms with Gasteiger partial charge in [-0.15, -0.1) is 0 Å². The molecule has 22 heavy (non-hydrogen) atoms. The molecule has 2 aliphatic heterocycles. The van der Waals surface area contributed by atoms with Gasteiger partial charge in [0.05, 0.1) is 18.9 Å². The Morgan fingerprint density at radius 2 is 1.82 bits per heavy atom. The van der Waals surface area contributed by atoms with E-state index in [0.29, 0.717) is 12.5 Å². The number of hydrogen-bond acceptors (Lipinski definition) is 3. The maximum Gasteiger partial charge on any atom is 0.331 e. The van der Waals surface area contributed by atoms with E-state index in [9.17, 15) is 4.79 Å². The maximum absolute atomic E-state index is 12.9. The lowest BCUT2D eigenvalue weighted by molar-refractivity contribution is 0.223. The minimum Gasteiger partial charge on any atom is -0.324 e. The van der Waals surface area contributed by atoms with Crippen LogP contribution >= 0.6 is 0 Å². The quantitative estimate of drug-likeness (QED) is 0.862. The molecule has 0 radical (unpaired) electrons. The van der Waals surface area contributed by atoms with Gasteiger partial charge in [0.1, 0.15) is 5.69 Å². The predicted octanol–water partition coefficient (Wildman–Crippen LogP) is 2.90. The van der Waals surface area contributed by atoms with Crippen molar-refractivity contribution in [3.05, 3.63) is 12.0 Å². The fourth-order valence-corrected chi connectivity index (χ4v) is 3.08. The van der Waals surface area contributed by atoms with E-state index in [1.807, 2.05) is 25.1 Å². The number of carbonyl (C=O) groups is 1. The van der Waals surface area contributed by atoms with Gasteiger partial charge in [-0.2, -0.15) is 0 Å². The van der Waals surface area contributed by atoms with Crippen molar-refractivity contribution in [2.24, 2.45) is 10.9 Å². The lowest BCUT2D eigenvalue weighted by atomic mass is 10.1. The fourth-order valence-electron chi connectivity index (χ4n) is 3.08. The molecule has 3 heterocycles. The molecule has 1 aromatic rings. The van der Waals surface area contributed by atoms with Gasteiger partial charge in [-0.3, -0.25) is 14.8 Å². The summed E-state index contributed by atoms with van der Waals surface area (Å²) in [6, 6.07) is 0.510. The molecule has 0 aliphatic carbocycles. The second-order valence-corrected chi connectivity index (χ2v) is 7.04. The summed E-state index contributed by atoms with van der Waals surface area (Å²) in [5.41, 5.74) is 0.978. The van der Waals surface area contributed by atoms with E-state index in [1.54, 1.807) is 4.90 Å². The van der Waals surface area contributed by atoms with Gasteiger partial charge in [-0.05, 0) is 33.6 Å². The molecule has 3 rings (SSSR count). The van der Waals surface area contributed by atoms with E-state index in [-0.39, 0.29) is 24.2 Å². The summed E-state index contributed by atoms with van der Waals surface area (Å²) in [4.78, 5) is 25.9. The Balaban J connectivity index is 2.17. The number of carbonyl (C=O) groups excluding carboxylic acids is 1. The number of fused-ring (bicyclic) bond motifs is 3. The monoisotopic (exact) mass is 303 g/mol. The van der Waals surface area contributed by atoms with Crippen LogP contribution in [0, 0.1) is 5.92 Å². The largest absolute Gasteiger partial charge is 0.331 e. The van der Waals surface area contributed by atoms with Gasteiger partial charge in [-0.1, -0.05) is 13.8 Å². The Hall–Kier alpha value is -1.85. The minimum atomic E-state index is -0.00148. The third-order valence-electron chi connectivity index (χ3n) is 4.41. The first-order valence-electron chi connectivity index (χ1n) is 8.08. The third kappa shape index (κ3) is 2.04. The van der Waals surface area contributed by atoms with E-state index in [4.69, 9.17) is 4.99 Å². The van der Waals surface area contributed by atoms with Crippen molar-refractivity contribution in [1.29, 1.82) is 0 Å². The van der Waals surface area contributed by atoms with Gasteiger partial charge in [0.25, 0.3) is 0 Å². The molecular formula is C16H25N5O. The summed E-state index contributed by atoms with van der Waals surface area (Å²) < 4.78 is 2.12. The second-order valence-electron chi connectivity index (χ2n) is 7.04. The first-order chi connectivity index (χ1) is 10.3. The second kappa shape index (κ2) is 5.11. The maximum atomic E-state index is 12.9. The van der Waals surface area contributed by atoms with Crippen molar-refractivity contribution in [1.82, 2.24) is 14.5 Å². The molecular weight excluding hydrogens is 278 g/mol. The van der Waals surface area contributed by atoms with Crippen molar-refractivity contribution in [2.75, 3.05) is 11.4 Å². The van der Waals surface area contributed by atoms with Crippen LogP contribution in [0.2, 0.25) is 0 Å². The number of imidazole rings is 1. The Morgan fingerprint density at radius 1 is 1.14 bits per heavy atom. The molecule has 0 spiro atoms. The number of rotatable bonds is 3. The summed E-state index contributed by atoms with van der Waals surface area (Å²) in [6.07, 6.45) is 1.83. The molecule has 1 atom stereocenters. The van der Waals surface area contributed by atoms with E-state index >= 15 is 0 Å². The molecule has 0 N–H and O–H groups in total. The van der Waals surface area contributed by atoms with E-state index in [2.05, 4.69) is 37.2 Å². The third-order valence-corrected chi connectivity index (χ3v) is 4.41.